The highest BCUT2D eigenvalue weighted by Crippen LogP contribution is 2.43. The van der Waals surface area contributed by atoms with Crippen molar-refractivity contribution >= 4 is 83.3 Å². The molecule has 0 saturated carbocycles. The Balaban J connectivity index is 0.875. The van der Waals surface area contributed by atoms with Gasteiger partial charge in [0.2, 0.25) is 0 Å². The maximum atomic E-state index is 7.02. The molecular formula is C60H36BN3O2. The van der Waals surface area contributed by atoms with E-state index in [2.05, 4.69) is 232 Å². The number of hydrogen-bond donors (Lipinski definition) is 0. The summed E-state index contributed by atoms with van der Waals surface area (Å²) in [6.07, 6.45) is 0. The summed E-state index contributed by atoms with van der Waals surface area (Å²) in [6, 6.07) is 78.8. The highest BCUT2D eigenvalue weighted by Gasteiger charge is 2.41. The summed E-state index contributed by atoms with van der Waals surface area (Å²) in [6.45, 7) is -0.348. The number of ether oxygens (including phenoxy) is 1. The summed E-state index contributed by atoms with van der Waals surface area (Å²) in [5, 5.41) is 7.41. The van der Waals surface area contributed by atoms with Crippen LogP contribution in [0.5, 0.6) is 17.2 Å². The molecule has 10 aromatic carbocycles. The minimum atomic E-state index is -0.348. The highest BCUT2D eigenvalue weighted by atomic mass is 16.5. The van der Waals surface area contributed by atoms with Crippen LogP contribution in [-0.2, 0) is 0 Å². The van der Waals surface area contributed by atoms with E-state index < -0.39 is 0 Å². The third-order valence-electron chi connectivity index (χ3n) is 14.1. The summed E-state index contributed by atoms with van der Waals surface area (Å²) in [7, 11) is 0. The minimum absolute atomic E-state index is 0.348. The average Bonchev–Trinajstić information content (AvgIpc) is 4.02. The van der Waals surface area contributed by atoms with E-state index in [-0.39, 0.29) is 6.92 Å². The van der Waals surface area contributed by atoms with Gasteiger partial charge in [0.15, 0.2) is 0 Å². The van der Waals surface area contributed by atoms with E-state index in [1.165, 1.54) is 54.4 Å². The zero-order valence-electron chi connectivity index (χ0n) is 35.5. The maximum absolute atomic E-state index is 7.02. The zero-order valence-corrected chi connectivity index (χ0v) is 35.5. The fourth-order valence-electron chi connectivity index (χ4n) is 11.2. The Morgan fingerprint density at radius 3 is 1.39 bits per heavy atom. The van der Waals surface area contributed by atoms with Gasteiger partial charge in [-0.2, -0.15) is 0 Å². The number of para-hydroxylation sites is 6. The molecule has 13 aromatic rings. The summed E-state index contributed by atoms with van der Waals surface area (Å²) >= 11 is 0. The standard InChI is InChI=1S/C60H36BN3O2/c1-7-19-51-42(13-1)43-14-2-8-20-52(43)62(51)39-28-25-37(26-29-39)38-27-32-58-50(33-38)61-60-49(48-18-6-12-24-57(48)66-61)34-41(36-59(60)65-58)64-55-23-11-5-17-46(55)47-31-30-40(35-56(47)64)63-53-21-9-3-15-44(53)45-16-4-10-22-54(45)63/h1-36H. The molecule has 2 aliphatic heterocycles. The van der Waals surface area contributed by atoms with Crippen LogP contribution < -0.4 is 20.3 Å². The fourth-order valence-corrected chi connectivity index (χ4v) is 11.2. The van der Waals surface area contributed by atoms with Crippen LogP contribution in [0.1, 0.15) is 0 Å². The van der Waals surface area contributed by atoms with Crippen molar-refractivity contribution in [3.05, 3.63) is 218 Å². The van der Waals surface area contributed by atoms with Crippen LogP contribution >= 0.6 is 0 Å². The number of rotatable bonds is 4. The lowest BCUT2D eigenvalue weighted by molar-refractivity contribution is 0.479. The van der Waals surface area contributed by atoms with Crippen molar-refractivity contribution < 1.29 is 9.39 Å². The lowest BCUT2D eigenvalue weighted by atomic mass is 9.50. The largest absolute Gasteiger partial charge is 0.551 e. The second-order valence-corrected chi connectivity index (χ2v) is 17.6. The van der Waals surface area contributed by atoms with E-state index in [0.717, 1.165) is 78.5 Å². The number of aromatic nitrogens is 3. The molecule has 306 valence electrons. The van der Waals surface area contributed by atoms with Crippen molar-refractivity contribution in [2.45, 2.75) is 0 Å². The van der Waals surface area contributed by atoms with Crippen molar-refractivity contribution in [1.82, 2.24) is 13.7 Å². The topological polar surface area (TPSA) is 33.2 Å². The molecule has 0 N–H and O–H groups in total. The van der Waals surface area contributed by atoms with Crippen LogP contribution in [0.4, 0.5) is 0 Å². The van der Waals surface area contributed by atoms with Crippen LogP contribution in [-0.4, -0.2) is 20.6 Å². The molecule has 6 heteroatoms. The first-order valence-corrected chi connectivity index (χ1v) is 22.6. The molecular weight excluding hydrogens is 805 g/mol. The van der Waals surface area contributed by atoms with Crippen LogP contribution in [0.15, 0.2) is 218 Å². The summed E-state index contributed by atoms with van der Waals surface area (Å²) in [5.41, 5.74) is 16.8. The molecule has 2 aliphatic rings. The molecule has 0 aliphatic carbocycles. The fraction of sp³-hybridized carbons (Fsp3) is 0. The van der Waals surface area contributed by atoms with E-state index >= 15 is 0 Å². The Kier molecular flexibility index (Phi) is 7.24. The third kappa shape index (κ3) is 4.95. The molecule has 0 amide bonds. The number of nitrogens with zero attached hydrogens (tertiary/aromatic N) is 3. The van der Waals surface area contributed by atoms with Crippen LogP contribution in [0.25, 0.3) is 105 Å². The summed E-state index contributed by atoms with van der Waals surface area (Å²) in [4.78, 5) is 0. The Hall–Kier alpha value is -8.74. The van der Waals surface area contributed by atoms with Crippen molar-refractivity contribution in [3.8, 4) is 56.6 Å². The Bertz CT molecular complexity index is 4090. The van der Waals surface area contributed by atoms with E-state index in [9.17, 15) is 0 Å². The summed E-state index contributed by atoms with van der Waals surface area (Å²) in [5.74, 6) is 2.47. The molecule has 5 heterocycles. The van der Waals surface area contributed by atoms with Crippen LogP contribution in [0.2, 0.25) is 0 Å². The number of benzene rings is 10. The maximum Gasteiger partial charge on any atom is 0.434 e. The normalized spacial score (nSPS) is 12.8. The van der Waals surface area contributed by atoms with Gasteiger partial charge in [-0.1, -0.05) is 140 Å². The molecule has 0 atom stereocenters. The molecule has 15 rings (SSSR count). The quantitative estimate of drug-likeness (QED) is 0.165. The van der Waals surface area contributed by atoms with Crippen molar-refractivity contribution in [1.29, 1.82) is 0 Å². The van der Waals surface area contributed by atoms with E-state index in [1.807, 2.05) is 0 Å². The molecule has 66 heavy (non-hydrogen) atoms. The predicted molar refractivity (Wildman–Crippen MR) is 272 cm³/mol. The Morgan fingerprint density at radius 2 is 0.788 bits per heavy atom. The van der Waals surface area contributed by atoms with Gasteiger partial charge in [0.25, 0.3) is 0 Å². The molecule has 0 fully saturated rings. The SMILES string of the molecule is c1ccc2c(c1)OB1c3cc(-c4ccc(-n5c6ccccc6c6ccccc65)cc4)ccc3Oc3cc(-n4c5ccccc5c5ccc(-n6c7ccccc7c7ccccc76)cc54)cc-2c31. The van der Waals surface area contributed by atoms with Gasteiger partial charge >= 0.3 is 6.92 Å². The predicted octanol–water partition coefficient (Wildman–Crippen LogP) is 13.9. The van der Waals surface area contributed by atoms with Gasteiger partial charge in [-0.25, -0.2) is 0 Å². The smallest absolute Gasteiger partial charge is 0.434 e. The van der Waals surface area contributed by atoms with Crippen molar-refractivity contribution in [2.24, 2.45) is 0 Å². The van der Waals surface area contributed by atoms with Crippen LogP contribution in [0, 0.1) is 0 Å². The van der Waals surface area contributed by atoms with Crippen LogP contribution in [0.3, 0.4) is 0 Å². The molecule has 0 spiro atoms. The molecule has 0 unspecified atom stereocenters. The minimum Gasteiger partial charge on any atom is -0.551 e. The molecule has 0 radical (unpaired) electrons. The van der Waals surface area contributed by atoms with Gasteiger partial charge in [0.1, 0.15) is 17.2 Å². The molecule has 5 nitrogen and oxygen atoms in total. The van der Waals surface area contributed by atoms with Gasteiger partial charge in [0.05, 0.1) is 38.8 Å². The second-order valence-electron chi connectivity index (χ2n) is 17.6. The first kappa shape index (κ1) is 35.7. The van der Waals surface area contributed by atoms with Crippen molar-refractivity contribution in [3.63, 3.8) is 0 Å². The number of fused-ring (bicyclic) bond motifs is 13. The molecule has 3 aromatic heterocycles. The lowest BCUT2D eigenvalue weighted by Crippen LogP contribution is -2.53. The Morgan fingerprint density at radius 1 is 0.303 bits per heavy atom. The molecule has 0 saturated heterocycles. The van der Waals surface area contributed by atoms with Gasteiger partial charge in [-0.15, -0.1) is 0 Å². The third-order valence-corrected chi connectivity index (χ3v) is 14.1. The highest BCUT2D eigenvalue weighted by molar-refractivity contribution is 6.84. The van der Waals surface area contributed by atoms with E-state index in [0.29, 0.717) is 0 Å². The second kappa shape index (κ2) is 13.4. The average molecular weight is 842 g/mol. The van der Waals surface area contributed by atoms with Crippen molar-refractivity contribution in [2.75, 3.05) is 0 Å². The van der Waals surface area contributed by atoms with E-state index in [1.54, 1.807) is 0 Å². The lowest BCUT2D eigenvalue weighted by Gasteiger charge is -2.33. The first-order chi connectivity index (χ1) is 32.7. The monoisotopic (exact) mass is 841 g/mol. The van der Waals surface area contributed by atoms with E-state index in [4.69, 9.17) is 9.39 Å². The van der Waals surface area contributed by atoms with Gasteiger partial charge < -0.3 is 23.1 Å². The van der Waals surface area contributed by atoms with Gasteiger partial charge in [0, 0.05) is 66.2 Å². The van der Waals surface area contributed by atoms with Gasteiger partial charge in [-0.3, -0.25) is 0 Å². The Labute approximate surface area is 379 Å². The van der Waals surface area contributed by atoms with Gasteiger partial charge in [-0.05, 0) is 89.5 Å². The zero-order chi connectivity index (χ0) is 43.0. The summed E-state index contributed by atoms with van der Waals surface area (Å²) < 4.78 is 21.2. The number of hydrogen-bond acceptors (Lipinski definition) is 2. The first-order valence-electron chi connectivity index (χ1n) is 22.6. The molecule has 0 bridgehead atoms.